The molecule has 0 saturated carbocycles. The van der Waals surface area contributed by atoms with Gasteiger partial charge in [0.15, 0.2) is 0 Å². The van der Waals surface area contributed by atoms with Crippen molar-refractivity contribution in [2.24, 2.45) is 0 Å². The van der Waals surface area contributed by atoms with Crippen molar-refractivity contribution in [2.75, 3.05) is 39.9 Å². The number of nitro benzene ring substituents is 1. The van der Waals surface area contributed by atoms with Crippen LogP contribution in [-0.2, 0) is 20.5 Å². The summed E-state index contributed by atoms with van der Waals surface area (Å²) in [6.07, 6.45) is 0. The van der Waals surface area contributed by atoms with Crippen LogP contribution in [-0.4, -0.2) is 62.4 Å². The normalized spacial score (nSPS) is 18.4. The predicted octanol–water partition coefficient (Wildman–Crippen LogP) is 2.74. The number of para-hydroxylation sites is 1. The zero-order valence-corrected chi connectivity index (χ0v) is 18.0. The smallest absolute Gasteiger partial charge is 0.274 e. The molecule has 2 aromatic carbocycles. The quantitative estimate of drug-likeness (QED) is 0.469. The molecule has 3 rings (SSSR count). The second-order valence-corrected chi connectivity index (χ2v) is 9.43. The van der Waals surface area contributed by atoms with E-state index in [2.05, 4.69) is 4.90 Å². The zero-order chi connectivity index (χ0) is 21.7. The maximum Gasteiger partial charge on any atom is 0.274 e. The average Bonchev–Trinajstić information content (AvgIpc) is 2.73. The number of piperazine rings is 1. The summed E-state index contributed by atoms with van der Waals surface area (Å²) < 4.78 is 32.8. The van der Waals surface area contributed by atoms with Crippen LogP contribution in [0.3, 0.4) is 0 Å². The molecule has 1 unspecified atom stereocenters. The number of hydrogen-bond acceptors (Lipinski definition) is 6. The first-order valence-electron chi connectivity index (χ1n) is 9.81. The van der Waals surface area contributed by atoms with Crippen molar-refractivity contribution in [3.8, 4) is 0 Å². The Labute approximate surface area is 177 Å². The topological polar surface area (TPSA) is 93.0 Å². The van der Waals surface area contributed by atoms with Gasteiger partial charge in [0, 0.05) is 44.9 Å². The van der Waals surface area contributed by atoms with Gasteiger partial charge in [-0.25, -0.2) is 8.42 Å². The second kappa shape index (κ2) is 9.65. The van der Waals surface area contributed by atoms with E-state index < -0.39 is 21.0 Å². The summed E-state index contributed by atoms with van der Waals surface area (Å²) in [6, 6.07) is 13.5. The molecule has 8 nitrogen and oxygen atoms in total. The van der Waals surface area contributed by atoms with Gasteiger partial charge in [-0.05, 0) is 12.5 Å². The Morgan fingerprint density at radius 2 is 1.83 bits per heavy atom. The van der Waals surface area contributed by atoms with Gasteiger partial charge in [0.25, 0.3) is 5.69 Å². The van der Waals surface area contributed by atoms with Gasteiger partial charge >= 0.3 is 0 Å². The number of methoxy groups -OCH3 is 1. The van der Waals surface area contributed by atoms with E-state index in [1.165, 1.54) is 10.4 Å². The summed E-state index contributed by atoms with van der Waals surface area (Å²) in [5.74, 6) is -0.0883. The highest BCUT2D eigenvalue weighted by Crippen LogP contribution is 2.33. The van der Waals surface area contributed by atoms with Crippen molar-refractivity contribution in [3.63, 3.8) is 0 Å². The van der Waals surface area contributed by atoms with Crippen molar-refractivity contribution in [1.29, 1.82) is 0 Å². The summed E-state index contributed by atoms with van der Waals surface area (Å²) in [7, 11) is -1.96. The van der Waals surface area contributed by atoms with Crippen LogP contribution in [0.25, 0.3) is 0 Å². The van der Waals surface area contributed by atoms with Crippen molar-refractivity contribution in [1.82, 2.24) is 9.21 Å². The van der Waals surface area contributed by atoms with Crippen LogP contribution >= 0.6 is 0 Å². The Morgan fingerprint density at radius 3 is 2.50 bits per heavy atom. The largest absolute Gasteiger partial charge is 0.383 e. The summed E-state index contributed by atoms with van der Waals surface area (Å²) in [5, 5.41) is 11.6. The summed E-state index contributed by atoms with van der Waals surface area (Å²) >= 11 is 0. The van der Waals surface area contributed by atoms with Crippen molar-refractivity contribution in [3.05, 3.63) is 75.3 Å². The third-order valence-electron chi connectivity index (χ3n) is 5.39. The summed E-state index contributed by atoms with van der Waals surface area (Å²) in [6.45, 7) is 3.98. The Morgan fingerprint density at radius 1 is 1.13 bits per heavy atom. The van der Waals surface area contributed by atoms with E-state index >= 15 is 0 Å². The van der Waals surface area contributed by atoms with Gasteiger partial charge in [-0.2, -0.15) is 4.31 Å². The Balaban J connectivity index is 1.87. The van der Waals surface area contributed by atoms with Gasteiger partial charge in [-0.3, -0.25) is 15.0 Å². The summed E-state index contributed by atoms with van der Waals surface area (Å²) in [4.78, 5) is 13.2. The van der Waals surface area contributed by atoms with Crippen LogP contribution < -0.4 is 0 Å². The van der Waals surface area contributed by atoms with E-state index in [0.717, 1.165) is 11.1 Å². The third-order valence-corrected chi connectivity index (χ3v) is 7.21. The molecule has 1 heterocycles. The van der Waals surface area contributed by atoms with Gasteiger partial charge in [-0.15, -0.1) is 0 Å². The third kappa shape index (κ3) is 5.23. The molecule has 0 N–H and O–H groups in total. The minimum atomic E-state index is -3.56. The lowest BCUT2D eigenvalue weighted by Crippen LogP contribution is -2.51. The average molecular weight is 434 g/mol. The van der Waals surface area contributed by atoms with Crippen LogP contribution in [0.5, 0.6) is 0 Å². The van der Waals surface area contributed by atoms with Gasteiger partial charge in [-0.1, -0.05) is 48.0 Å². The highest BCUT2D eigenvalue weighted by Gasteiger charge is 2.36. The second-order valence-electron chi connectivity index (χ2n) is 7.46. The molecule has 2 aromatic rings. The van der Waals surface area contributed by atoms with Crippen LogP contribution in [0.2, 0.25) is 0 Å². The molecule has 0 radical (unpaired) electrons. The molecule has 1 aliphatic rings. The number of ether oxygens (including phenoxy) is 1. The zero-order valence-electron chi connectivity index (χ0n) is 17.2. The monoisotopic (exact) mass is 433 g/mol. The van der Waals surface area contributed by atoms with Crippen molar-refractivity contribution < 1.29 is 18.1 Å². The van der Waals surface area contributed by atoms with E-state index in [0.29, 0.717) is 31.8 Å². The number of hydrogen-bond donors (Lipinski definition) is 0. The number of benzene rings is 2. The van der Waals surface area contributed by atoms with E-state index in [9.17, 15) is 18.5 Å². The molecule has 9 heteroatoms. The standard InChI is InChI=1S/C21H27N3O5S/c1-17-7-9-18(10-8-17)16-30(27,28)23-12-11-22(13-14-29-2)21(15-23)19-5-3-4-6-20(19)24(25)26/h3-10,21H,11-16H2,1-2H3. The number of nitrogens with zero attached hydrogens (tertiary/aromatic N) is 3. The Bertz CT molecular complexity index is 978. The Hall–Kier alpha value is -2.33. The molecule has 1 atom stereocenters. The minimum Gasteiger partial charge on any atom is -0.383 e. The van der Waals surface area contributed by atoms with E-state index in [1.807, 2.05) is 31.2 Å². The Kier molecular flexibility index (Phi) is 7.19. The van der Waals surface area contributed by atoms with E-state index in [1.54, 1.807) is 25.3 Å². The molecule has 1 saturated heterocycles. The van der Waals surface area contributed by atoms with Crippen LogP contribution in [0.15, 0.2) is 48.5 Å². The lowest BCUT2D eigenvalue weighted by atomic mass is 10.0. The van der Waals surface area contributed by atoms with Crippen LogP contribution in [0.1, 0.15) is 22.7 Å². The first-order chi connectivity index (χ1) is 14.3. The molecular weight excluding hydrogens is 406 g/mol. The predicted molar refractivity (Wildman–Crippen MR) is 115 cm³/mol. The fourth-order valence-corrected chi connectivity index (χ4v) is 5.27. The molecule has 0 bridgehead atoms. The van der Waals surface area contributed by atoms with Crippen LogP contribution in [0.4, 0.5) is 5.69 Å². The van der Waals surface area contributed by atoms with Gasteiger partial charge in [0.05, 0.1) is 23.3 Å². The van der Waals surface area contributed by atoms with Crippen LogP contribution in [0, 0.1) is 17.0 Å². The maximum atomic E-state index is 13.1. The molecule has 0 aromatic heterocycles. The molecule has 30 heavy (non-hydrogen) atoms. The molecular formula is C21H27N3O5S. The molecule has 0 aliphatic carbocycles. The minimum absolute atomic E-state index is 0.00250. The first-order valence-corrected chi connectivity index (χ1v) is 11.4. The SMILES string of the molecule is COCCN1CCN(S(=O)(=O)Cc2ccc(C)cc2)CC1c1ccccc1[N+](=O)[O-]. The fraction of sp³-hybridized carbons (Fsp3) is 0.429. The summed E-state index contributed by atoms with van der Waals surface area (Å²) in [5.41, 5.74) is 2.32. The highest BCUT2D eigenvalue weighted by atomic mass is 32.2. The van der Waals surface area contributed by atoms with Gasteiger partial charge in [0.1, 0.15) is 0 Å². The highest BCUT2D eigenvalue weighted by molar-refractivity contribution is 7.88. The van der Waals surface area contributed by atoms with Crippen molar-refractivity contribution >= 4 is 15.7 Å². The first kappa shape index (κ1) is 22.4. The molecule has 0 spiro atoms. The van der Waals surface area contributed by atoms with E-state index in [4.69, 9.17) is 4.74 Å². The van der Waals surface area contributed by atoms with Gasteiger partial charge in [0.2, 0.25) is 10.0 Å². The van der Waals surface area contributed by atoms with Gasteiger partial charge < -0.3 is 4.74 Å². The number of aryl methyl sites for hydroxylation is 1. The molecule has 1 aliphatic heterocycles. The van der Waals surface area contributed by atoms with Crippen molar-refractivity contribution in [2.45, 2.75) is 18.7 Å². The maximum absolute atomic E-state index is 13.1. The lowest BCUT2D eigenvalue weighted by molar-refractivity contribution is -0.386. The molecule has 0 amide bonds. The fourth-order valence-electron chi connectivity index (χ4n) is 3.74. The molecule has 1 fully saturated rings. The number of nitro groups is 1. The van der Waals surface area contributed by atoms with E-state index in [-0.39, 0.29) is 18.0 Å². The molecule has 162 valence electrons. The number of sulfonamides is 1. The number of rotatable bonds is 8. The lowest BCUT2D eigenvalue weighted by Gasteiger charge is -2.40.